The highest BCUT2D eigenvalue weighted by molar-refractivity contribution is 6.22. The molecule has 0 aliphatic carbocycles. The maximum Gasteiger partial charge on any atom is 0.415 e. The van der Waals surface area contributed by atoms with E-state index in [1.165, 1.54) is 17.0 Å². The number of hydrogen-bond donors (Lipinski definition) is 5. The number of fused-ring (bicyclic) bond motifs is 3. The quantitative estimate of drug-likeness (QED) is 0.0349. The molecular formula is C51H57N7O9. The number of phenols is 2. The Bertz CT molecular complexity index is 2890. The number of cyclic esters (lactones) is 1. The van der Waals surface area contributed by atoms with Crippen LogP contribution >= 0.6 is 0 Å². The molecule has 0 radical (unpaired) electrons. The molecule has 4 amide bonds. The summed E-state index contributed by atoms with van der Waals surface area (Å²) in [5.41, 5.74) is 10.5. The summed E-state index contributed by atoms with van der Waals surface area (Å²) >= 11 is 0. The standard InChI is InChI=1S/C51H57N7O9/c1-6-35-37-22-34(11-12-41(37)54-46-39(35)26-57(28-59)43(46)24-40-30(5)27-66-48(62)51(40,65)7-2)67-50(64)56-18-14-31(15-19-56)9-8-17-55-20-16-32-21-33(10-13-42(32)55)58(49(53)63)47(52)38-23-36(29(3)4)44(60)25-45(38)61/h10-13,16,20-25,28-29,31,52,60-61,65H,6-9,14-15,17-19,26-27H2,1-5H3,(H2,53,63)/b43-24-,52-47?. The second-order valence-electron chi connectivity index (χ2n) is 18.0. The molecule has 1 saturated heterocycles. The number of rotatable bonds is 12. The Hall–Kier alpha value is -7.20. The van der Waals surface area contributed by atoms with Crippen LogP contribution in [0.15, 0.2) is 78.0 Å². The Morgan fingerprint density at radius 1 is 1.07 bits per heavy atom. The summed E-state index contributed by atoms with van der Waals surface area (Å²) in [7, 11) is 0. The average Bonchev–Trinajstić information content (AvgIpc) is 3.88. The van der Waals surface area contributed by atoms with Crippen LogP contribution in [0.2, 0.25) is 0 Å². The predicted molar refractivity (Wildman–Crippen MR) is 254 cm³/mol. The topological polar surface area (TPSA) is 225 Å². The van der Waals surface area contributed by atoms with Crippen LogP contribution in [0.1, 0.15) is 101 Å². The van der Waals surface area contributed by atoms with Crippen LogP contribution in [-0.2, 0) is 33.8 Å². The van der Waals surface area contributed by atoms with E-state index < -0.39 is 23.7 Å². The van der Waals surface area contributed by atoms with Gasteiger partial charge in [0.15, 0.2) is 5.60 Å². The van der Waals surface area contributed by atoms with Gasteiger partial charge >= 0.3 is 18.1 Å². The zero-order chi connectivity index (χ0) is 47.9. The second kappa shape index (κ2) is 18.6. The highest BCUT2D eigenvalue weighted by Crippen LogP contribution is 2.41. The number of nitrogens with one attached hydrogen (secondary N) is 1. The number of amidine groups is 1. The number of primary amides is 1. The van der Waals surface area contributed by atoms with Crippen molar-refractivity contribution in [2.24, 2.45) is 11.7 Å². The SMILES string of the molecule is CCc1c2c(nc3ccc(OC(=O)N4CCC(CCCn5ccc6cc(N(C(=N)c7cc(C(C)C)c(O)cc7O)C(N)=O)ccc65)CC4)cc13)/C(=C/C1=C(C)COC(=O)C1(O)CC)N(C=O)C2. The Morgan fingerprint density at radius 3 is 2.52 bits per heavy atom. The summed E-state index contributed by atoms with van der Waals surface area (Å²) in [5, 5.41) is 42.8. The number of ether oxygens (including phenoxy) is 2. The van der Waals surface area contributed by atoms with E-state index in [2.05, 4.69) is 4.57 Å². The lowest BCUT2D eigenvalue weighted by Crippen LogP contribution is -2.45. The molecule has 16 heteroatoms. The molecule has 0 saturated carbocycles. The average molecular weight is 912 g/mol. The number of benzene rings is 3. The normalized spacial score (nSPS) is 18.3. The lowest BCUT2D eigenvalue weighted by atomic mass is 9.85. The molecule has 1 fully saturated rings. The molecule has 3 aliphatic rings. The van der Waals surface area contributed by atoms with Crippen molar-refractivity contribution < 1.29 is 44.0 Å². The number of aromatic nitrogens is 2. The number of carbonyl (C=O) groups excluding carboxylic acids is 4. The number of likely N-dealkylation sites (tertiary alicyclic amines) is 1. The van der Waals surface area contributed by atoms with Gasteiger partial charge in [-0.15, -0.1) is 0 Å². The number of aliphatic hydroxyl groups is 1. The van der Waals surface area contributed by atoms with Gasteiger partial charge in [-0.25, -0.2) is 24.3 Å². The van der Waals surface area contributed by atoms with Crippen LogP contribution in [-0.4, -0.2) is 90.3 Å². The van der Waals surface area contributed by atoms with Crippen molar-refractivity contribution in [3.63, 3.8) is 0 Å². The molecule has 350 valence electrons. The van der Waals surface area contributed by atoms with Crippen LogP contribution in [0.4, 0.5) is 15.3 Å². The third-order valence-corrected chi connectivity index (χ3v) is 13.6. The fraction of sp³-hybridized carbons (Fsp3) is 0.373. The largest absolute Gasteiger partial charge is 0.508 e. The van der Waals surface area contributed by atoms with Gasteiger partial charge in [-0.2, -0.15) is 0 Å². The highest BCUT2D eigenvalue weighted by atomic mass is 16.6. The highest BCUT2D eigenvalue weighted by Gasteiger charge is 2.44. The molecule has 1 atom stereocenters. The smallest absolute Gasteiger partial charge is 0.415 e. The first-order valence-electron chi connectivity index (χ1n) is 22.9. The maximum absolute atomic E-state index is 13.5. The second-order valence-corrected chi connectivity index (χ2v) is 18.0. The molecule has 3 aliphatic heterocycles. The number of anilines is 1. The van der Waals surface area contributed by atoms with Gasteiger partial charge in [0, 0.05) is 53.8 Å². The van der Waals surface area contributed by atoms with Gasteiger partial charge in [0.25, 0.3) is 0 Å². The minimum atomic E-state index is -1.84. The van der Waals surface area contributed by atoms with Gasteiger partial charge < -0.3 is 44.9 Å². The van der Waals surface area contributed by atoms with Crippen molar-refractivity contribution in [3.8, 4) is 17.2 Å². The van der Waals surface area contributed by atoms with Crippen molar-refractivity contribution in [2.75, 3.05) is 24.6 Å². The van der Waals surface area contributed by atoms with Crippen molar-refractivity contribution in [2.45, 2.75) is 97.8 Å². The molecule has 16 nitrogen and oxygen atoms in total. The molecular weight excluding hydrogens is 855 g/mol. The van der Waals surface area contributed by atoms with E-state index in [1.807, 2.05) is 45.2 Å². The zero-order valence-electron chi connectivity index (χ0n) is 38.5. The van der Waals surface area contributed by atoms with E-state index >= 15 is 0 Å². The molecule has 8 rings (SSSR count). The van der Waals surface area contributed by atoms with Crippen molar-refractivity contribution >= 4 is 63.5 Å². The third kappa shape index (κ3) is 8.68. The van der Waals surface area contributed by atoms with Crippen LogP contribution in [0, 0.1) is 11.3 Å². The Kier molecular flexibility index (Phi) is 12.9. The summed E-state index contributed by atoms with van der Waals surface area (Å²) in [6.45, 7) is 11.5. The van der Waals surface area contributed by atoms with E-state index in [0.717, 1.165) is 71.0 Å². The van der Waals surface area contributed by atoms with Gasteiger partial charge in [-0.1, -0.05) is 27.7 Å². The first-order chi connectivity index (χ1) is 32.1. The van der Waals surface area contributed by atoms with Gasteiger partial charge in [0.2, 0.25) is 6.41 Å². The molecule has 3 aromatic carbocycles. The van der Waals surface area contributed by atoms with E-state index in [9.17, 15) is 34.5 Å². The van der Waals surface area contributed by atoms with Crippen molar-refractivity contribution in [1.82, 2.24) is 19.4 Å². The summed E-state index contributed by atoms with van der Waals surface area (Å²) in [4.78, 5) is 60.5. The number of aromatic hydroxyl groups is 2. The number of nitrogens with two attached hydrogens (primary N) is 1. The number of nitrogens with zero attached hydrogens (tertiary/aromatic N) is 5. The number of urea groups is 1. The fourth-order valence-corrected chi connectivity index (χ4v) is 9.76. The Labute approximate surface area is 388 Å². The van der Waals surface area contributed by atoms with Crippen LogP contribution in [0.3, 0.4) is 0 Å². The molecule has 0 spiro atoms. The minimum absolute atomic E-state index is 0.0477. The first-order valence-corrected chi connectivity index (χ1v) is 22.9. The van der Waals surface area contributed by atoms with Crippen LogP contribution in [0.25, 0.3) is 27.5 Å². The number of carbonyl (C=O) groups is 4. The van der Waals surface area contributed by atoms with E-state index in [0.29, 0.717) is 70.5 Å². The molecule has 2 aromatic heterocycles. The summed E-state index contributed by atoms with van der Waals surface area (Å²) < 4.78 is 13.3. The number of piperidine rings is 1. The van der Waals surface area contributed by atoms with Crippen molar-refractivity contribution in [1.29, 1.82) is 5.41 Å². The van der Waals surface area contributed by atoms with Crippen molar-refractivity contribution in [3.05, 3.63) is 106 Å². The monoisotopic (exact) mass is 911 g/mol. The summed E-state index contributed by atoms with van der Waals surface area (Å²) in [6, 6.07) is 14.5. The third-order valence-electron chi connectivity index (χ3n) is 13.6. The molecule has 5 aromatic rings. The maximum atomic E-state index is 13.5. The summed E-state index contributed by atoms with van der Waals surface area (Å²) in [5.74, 6) is -0.708. The van der Waals surface area contributed by atoms with E-state index in [-0.39, 0.29) is 48.4 Å². The number of hydrogen-bond acceptors (Lipinski definition) is 11. The first kappa shape index (κ1) is 46.3. The Balaban J connectivity index is 0.884. The van der Waals surface area contributed by atoms with Crippen LogP contribution in [0.5, 0.6) is 17.2 Å². The van der Waals surface area contributed by atoms with Crippen LogP contribution < -0.4 is 15.4 Å². The molecule has 67 heavy (non-hydrogen) atoms. The number of aryl methyl sites for hydroxylation is 2. The predicted octanol–water partition coefficient (Wildman–Crippen LogP) is 8.22. The number of esters is 1. The molecule has 5 heterocycles. The van der Waals surface area contributed by atoms with E-state index in [1.54, 1.807) is 49.1 Å². The van der Waals surface area contributed by atoms with Gasteiger partial charge in [0.1, 0.15) is 29.7 Å². The fourth-order valence-electron chi connectivity index (χ4n) is 9.76. The lowest BCUT2D eigenvalue weighted by molar-refractivity contribution is -0.162. The minimum Gasteiger partial charge on any atom is -0.508 e. The number of amides is 4. The summed E-state index contributed by atoms with van der Waals surface area (Å²) in [6.07, 6.45) is 8.31. The van der Waals surface area contributed by atoms with Gasteiger partial charge in [0.05, 0.1) is 34.7 Å². The number of phenolic OH excluding ortho intramolecular Hbond substituents is 2. The molecule has 6 N–H and O–H groups in total. The number of pyridine rings is 1. The van der Waals surface area contributed by atoms with Gasteiger partial charge in [-0.05, 0) is 134 Å². The molecule has 1 unspecified atom stereocenters. The molecule has 0 bridgehead atoms. The zero-order valence-corrected chi connectivity index (χ0v) is 38.5. The van der Waals surface area contributed by atoms with Gasteiger partial charge in [-0.3, -0.25) is 10.2 Å². The lowest BCUT2D eigenvalue weighted by Gasteiger charge is -2.32. The van der Waals surface area contributed by atoms with E-state index in [4.69, 9.17) is 25.6 Å². The Morgan fingerprint density at radius 2 is 1.84 bits per heavy atom.